The maximum Gasteiger partial charge on any atom is 0.231 e. The summed E-state index contributed by atoms with van der Waals surface area (Å²) in [6.07, 6.45) is 0. The fraction of sp³-hybridized carbons (Fsp3) is 0.200. The molecule has 3 rings (SSSR count). The molecule has 104 valence electrons. The van der Waals surface area contributed by atoms with E-state index < -0.39 is 0 Å². The van der Waals surface area contributed by atoms with E-state index in [0.29, 0.717) is 18.9 Å². The van der Waals surface area contributed by atoms with Gasteiger partial charge in [-0.25, -0.2) is 0 Å². The van der Waals surface area contributed by atoms with Crippen LogP contribution in [-0.2, 0) is 18.0 Å². The maximum atomic E-state index is 5.83. The van der Waals surface area contributed by atoms with Crippen molar-refractivity contribution in [2.75, 3.05) is 12.5 Å². The normalized spacial score (nSPS) is 12.7. The van der Waals surface area contributed by atoms with Gasteiger partial charge in [0.15, 0.2) is 11.5 Å². The van der Waals surface area contributed by atoms with E-state index in [2.05, 4.69) is 15.9 Å². The standard InChI is InChI=1S/C15H14BrNO3/c16-12-3-1-10(5-13(12)17)7-18-8-11-2-4-14-15(6-11)20-9-19-14/h1-6H,7-9,17H2. The third-order valence-corrected chi connectivity index (χ3v) is 3.76. The van der Waals surface area contributed by atoms with Crippen LogP contribution >= 0.6 is 15.9 Å². The molecule has 0 saturated carbocycles. The lowest BCUT2D eigenvalue weighted by Gasteiger charge is -2.07. The van der Waals surface area contributed by atoms with Crippen molar-refractivity contribution >= 4 is 21.6 Å². The highest BCUT2D eigenvalue weighted by molar-refractivity contribution is 9.10. The average Bonchev–Trinajstić information content (AvgIpc) is 2.90. The van der Waals surface area contributed by atoms with Gasteiger partial charge in [-0.15, -0.1) is 0 Å². The number of rotatable bonds is 4. The number of nitrogen functional groups attached to an aromatic ring is 1. The highest BCUT2D eigenvalue weighted by Crippen LogP contribution is 2.32. The number of fused-ring (bicyclic) bond motifs is 1. The molecule has 0 aromatic heterocycles. The number of hydrogen-bond donors (Lipinski definition) is 1. The Morgan fingerprint density at radius 1 is 1.00 bits per heavy atom. The van der Waals surface area contributed by atoms with Gasteiger partial charge in [0.1, 0.15) is 0 Å². The molecular weight excluding hydrogens is 322 g/mol. The minimum atomic E-state index is 0.289. The Morgan fingerprint density at radius 3 is 2.50 bits per heavy atom. The Morgan fingerprint density at radius 2 is 1.70 bits per heavy atom. The van der Waals surface area contributed by atoms with Crippen LogP contribution in [0.2, 0.25) is 0 Å². The van der Waals surface area contributed by atoms with Crippen LogP contribution in [-0.4, -0.2) is 6.79 Å². The highest BCUT2D eigenvalue weighted by Gasteiger charge is 2.13. The largest absolute Gasteiger partial charge is 0.454 e. The third-order valence-electron chi connectivity index (χ3n) is 3.03. The molecule has 5 heteroatoms. The molecule has 0 radical (unpaired) electrons. The molecule has 20 heavy (non-hydrogen) atoms. The second kappa shape index (κ2) is 5.73. The van der Waals surface area contributed by atoms with E-state index in [9.17, 15) is 0 Å². The van der Waals surface area contributed by atoms with Crippen molar-refractivity contribution in [3.63, 3.8) is 0 Å². The summed E-state index contributed by atoms with van der Waals surface area (Å²) < 4.78 is 17.2. The molecule has 0 amide bonds. The second-order valence-corrected chi connectivity index (χ2v) is 5.39. The molecule has 1 heterocycles. The van der Waals surface area contributed by atoms with Crippen molar-refractivity contribution in [2.45, 2.75) is 13.2 Å². The Bertz CT molecular complexity index is 631. The van der Waals surface area contributed by atoms with Crippen molar-refractivity contribution in [1.29, 1.82) is 0 Å². The summed E-state index contributed by atoms with van der Waals surface area (Å²) in [5.74, 6) is 1.56. The highest BCUT2D eigenvalue weighted by atomic mass is 79.9. The molecule has 0 spiro atoms. The summed E-state index contributed by atoms with van der Waals surface area (Å²) in [4.78, 5) is 0. The fourth-order valence-electron chi connectivity index (χ4n) is 2.00. The average molecular weight is 336 g/mol. The van der Waals surface area contributed by atoms with Crippen LogP contribution in [0.4, 0.5) is 5.69 Å². The number of nitrogens with two attached hydrogens (primary N) is 1. The minimum absolute atomic E-state index is 0.289. The van der Waals surface area contributed by atoms with E-state index in [0.717, 1.165) is 27.1 Å². The number of ether oxygens (including phenoxy) is 3. The maximum absolute atomic E-state index is 5.83. The van der Waals surface area contributed by atoms with E-state index >= 15 is 0 Å². The van der Waals surface area contributed by atoms with Gasteiger partial charge in [0, 0.05) is 10.2 Å². The molecule has 2 N–H and O–H groups in total. The number of halogens is 1. The van der Waals surface area contributed by atoms with E-state index in [-0.39, 0.29) is 6.79 Å². The molecule has 1 aliphatic rings. The molecule has 0 aliphatic carbocycles. The Labute approximate surface area is 125 Å². The zero-order chi connectivity index (χ0) is 13.9. The SMILES string of the molecule is Nc1cc(COCc2ccc3c(c2)OCO3)ccc1Br. The van der Waals surface area contributed by atoms with Crippen LogP contribution in [0.1, 0.15) is 11.1 Å². The topological polar surface area (TPSA) is 53.7 Å². The van der Waals surface area contributed by atoms with Gasteiger partial charge in [0.25, 0.3) is 0 Å². The Balaban J connectivity index is 1.58. The molecule has 2 aromatic rings. The summed E-state index contributed by atoms with van der Waals surface area (Å²) in [6.45, 7) is 1.33. The molecule has 1 aliphatic heterocycles. The second-order valence-electron chi connectivity index (χ2n) is 4.54. The summed E-state index contributed by atoms with van der Waals surface area (Å²) in [5, 5.41) is 0. The van der Waals surface area contributed by atoms with E-state index in [1.807, 2.05) is 36.4 Å². The smallest absolute Gasteiger partial charge is 0.231 e. The third kappa shape index (κ3) is 2.89. The van der Waals surface area contributed by atoms with E-state index in [1.54, 1.807) is 0 Å². The number of benzene rings is 2. The number of hydrogen-bond acceptors (Lipinski definition) is 4. The molecule has 0 fully saturated rings. The van der Waals surface area contributed by atoms with Crippen LogP contribution in [0.5, 0.6) is 11.5 Å². The van der Waals surface area contributed by atoms with Gasteiger partial charge in [-0.1, -0.05) is 12.1 Å². The van der Waals surface area contributed by atoms with Gasteiger partial charge in [-0.05, 0) is 51.3 Å². The first-order valence-corrected chi connectivity index (χ1v) is 7.02. The molecule has 4 nitrogen and oxygen atoms in total. The first kappa shape index (κ1) is 13.3. The van der Waals surface area contributed by atoms with Crippen molar-refractivity contribution in [3.8, 4) is 11.5 Å². The summed E-state index contributed by atoms with van der Waals surface area (Å²) >= 11 is 3.37. The van der Waals surface area contributed by atoms with Crippen LogP contribution in [0, 0.1) is 0 Å². The van der Waals surface area contributed by atoms with Crippen LogP contribution in [0.25, 0.3) is 0 Å². The van der Waals surface area contributed by atoms with Crippen LogP contribution in [0.3, 0.4) is 0 Å². The summed E-state index contributed by atoms with van der Waals surface area (Å²) in [7, 11) is 0. The molecular formula is C15H14BrNO3. The monoisotopic (exact) mass is 335 g/mol. The lowest BCUT2D eigenvalue weighted by molar-refractivity contribution is 0.107. The minimum Gasteiger partial charge on any atom is -0.454 e. The first-order valence-electron chi connectivity index (χ1n) is 6.22. The lowest BCUT2D eigenvalue weighted by atomic mass is 10.2. The van der Waals surface area contributed by atoms with Crippen LogP contribution < -0.4 is 15.2 Å². The van der Waals surface area contributed by atoms with Crippen LogP contribution in [0.15, 0.2) is 40.9 Å². The summed E-state index contributed by atoms with van der Waals surface area (Å²) in [6, 6.07) is 11.6. The van der Waals surface area contributed by atoms with Crippen molar-refractivity contribution in [3.05, 3.63) is 52.0 Å². The van der Waals surface area contributed by atoms with Crippen molar-refractivity contribution in [1.82, 2.24) is 0 Å². The molecule has 0 saturated heterocycles. The quantitative estimate of drug-likeness (QED) is 0.869. The molecule has 0 atom stereocenters. The fourth-order valence-corrected chi connectivity index (χ4v) is 2.25. The molecule has 0 unspecified atom stereocenters. The Hall–Kier alpha value is -1.72. The Kier molecular flexibility index (Phi) is 3.80. The van der Waals surface area contributed by atoms with Gasteiger partial charge >= 0.3 is 0 Å². The lowest BCUT2D eigenvalue weighted by Crippen LogP contribution is -1.96. The molecule has 2 aromatic carbocycles. The van der Waals surface area contributed by atoms with Crippen molar-refractivity contribution < 1.29 is 14.2 Å². The van der Waals surface area contributed by atoms with E-state index in [1.165, 1.54) is 0 Å². The summed E-state index contributed by atoms with van der Waals surface area (Å²) in [5.41, 5.74) is 8.65. The predicted octanol–water partition coefficient (Wildman–Crippen LogP) is 3.48. The zero-order valence-corrected chi connectivity index (χ0v) is 12.4. The van der Waals surface area contributed by atoms with Gasteiger partial charge in [-0.2, -0.15) is 0 Å². The van der Waals surface area contributed by atoms with Gasteiger partial charge < -0.3 is 19.9 Å². The molecule has 0 bridgehead atoms. The van der Waals surface area contributed by atoms with Gasteiger partial charge in [0.05, 0.1) is 13.2 Å². The van der Waals surface area contributed by atoms with E-state index in [4.69, 9.17) is 19.9 Å². The van der Waals surface area contributed by atoms with Crippen molar-refractivity contribution in [2.24, 2.45) is 0 Å². The zero-order valence-electron chi connectivity index (χ0n) is 10.8. The van der Waals surface area contributed by atoms with Gasteiger partial charge in [0.2, 0.25) is 6.79 Å². The first-order chi connectivity index (χ1) is 9.72. The predicted molar refractivity (Wildman–Crippen MR) is 79.6 cm³/mol. The number of anilines is 1. The van der Waals surface area contributed by atoms with Gasteiger partial charge in [-0.3, -0.25) is 0 Å².